The van der Waals surface area contributed by atoms with Crippen LogP contribution in [0.2, 0.25) is 5.02 Å². The molecule has 0 radical (unpaired) electrons. The number of nitrogens with one attached hydrogen (secondary N) is 2. The maximum atomic E-state index is 12.4. The molecule has 0 spiro atoms. The summed E-state index contributed by atoms with van der Waals surface area (Å²) in [4.78, 5) is 24.4. The monoisotopic (exact) mass is 420 g/mol. The molecule has 0 aliphatic rings. The number of amides is 2. The molecule has 0 heterocycles. The minimum absolute atomic E-state index is 0.0143. The summed E-state index contributed by atoms with van der Waals surface area (Å²) in [6.07, 6.45) is 0.0143. The highest BCUT2D eigenvalue weighted by molar-refractivity contribution is 8.01. The van der Waals surface area contributed by atoms with Crippen molar-refractivity contribution in [3.63, 3.8) is 0 Å². The van der Waals surface area contributed by atoms with Crippen molar-refractivity contribution in [2.45, 2.75) is 39.0 Å². The van der Waals surface area contributed by atoms with Crippen LogP contribution in [0.1, 0.15) is 26.3 Å². The predicted octanol–water partition coefficient (Wildman–Crippen LogP) is 5.13. The van der Waals surface area contributed by atoms with E-state index in [1.165, 1.54) is 11.8 Å². The summed E-state index contributed by atoms with van der Waals surface area (Å²) < 4.78 is 5.58. The molecule has 1 unspecified atom stereocenters. The van der Waals surface area contributed by atoms with Gasteiger partial charge in [-0.3, -0.25) is 9.59 Å². The molecule has 150 valence electrons. The smallest absolute Gasteiger partial charge is 0.237 e. The molecule has 1 atom stereocenters. The third kappa shape index (κ3) is 7.09. The fourth-order valence-electron chi connectivity index (χ4n) is 2.28. The number of aryl methyl sites for hydroxylation is 1. The van der Waals surface area contributed by atoms with Crippen LogP contribution in [0.5, 0.6) is 5.75 Å². The third-order valence-corrected chi connectivity index (χ3v) is 5.17. The van der Waals surface area contributed by atoms with Gasteiger partial charge in [0.25, 0.3) is 0 Å². The van der Waals surface area contributed by atoms with Crippen molar-refractivity contribution in [1.82, 2.24) is 0 Å². The lowest BCUT2D eigenvalue weighted by atomic mass is 10.2. The molecule has 2 aromatic rings. The molecule has 0 aliphatic carbocycles. The number of halogens is 1. The third-order valence-electron chi connectivity index (χ3n) is 3.73. The topological polar surface area (TPSA) is 67.4 Å². The van der Waals surface area contributed by atoms with Gasteiger partial charge in [-0.25, -0.2) is 0 Å². The van der Waals surface area contributed by atoms with Crippen molar-refractivity contribution in [1.29, 1.82) is 0 Å². The summed E-state index contributed by atoms with van der Waals surface area (Å²) in [5.41, 5.74) is 2.45. The number of hydrogen-bond acceptors (Lipinski definition) is 4. The van der Waals surface area contributed by atoms with E-state index >= 15 is 0 Å². The van der Waals surface area contributed by atoms with Crippen molar-refractivity contribution >= 4 is 46.6 Å². The summed E-state index contributed by atoms with van der Waals surface area (Å²) in [7, 11) is 0. The molecular weight excluding hydrogens is 396 g/mol. The van der Waals surface area contributed by atoms with Gasteiger partial charge in [0.15, 0.2) is 0 Å². The highest BCUT2D eigenvalue weighted by Gasteiger charge is 2.16. The van der Waals surface area contributed by atoms with E-state index in [0.717, 1.165) is 11.3 Å². The molecule has 2 N–H and O–H groups in total. The first-order valence-electron chi connectivity index (χ1n) is 9.00. The molecule has 0 saturated heterocycles. The summed E-state index contributed by atoms with van der Waals surface area (Å²) >= 11 is 7.46. The number of thioether (sulfide) groups is 1. The summed E-state index contributed by atoms with van der Waals surface area (Å²) in [5.74, 6) is 0.419. The zero-order valence-electron chi connectivity index (χ0n) is 16.4. The van der Waals surface area contributed by atoms with Gasteiger partial charge < -0.3 is 15.4 Å². The average Bonchev–Trinajstić information content (AvgIpc) is 2.63. The molecule has 0 saturated carbocycles. The van der Waals surface area contributed by atoms with Crippen molar-refractivity contribution in [3.8, 4) is 5.75 Å². The molecule has 2 amide bonds. The standard InChI is InChI=1S/C21H25ClN2O3S/c1-13(2)27-19-10-9-17(11-18(19)22)24-21(26)15(4)28-12-20(25)23-16-7-5-14(3)6-8-16/h5-11,13,15H,12H2,1-4H3,(H,23,25)(H,24,26). The van der Waals surface area contributed by atoms with E-state index in [1.54, 1.807) is 25.1 Å². The summed E-state index contributed by atoms with van der Waals surface area (Å²) in [6, 6.07) is 12.7. The van der Waals surface area contributed by atoms with Crippen LogP contribution in [0, 0.1) is 6.92 Å². The Morgan fingerprint density at radius 3 is 2.29 bits per heavy atom. The number of anilines is 2. The van der Waals surface area contributed by atoms with Crippen LogP contribution < -0.4 is 15.4 Å². The Balaban J connectivity index is 1.82. The largest absolute Gasteiger partial charge is 0.489 e. The quantitative estimate of drug-likeness (QED) is 0.620. The Morgan fingerprint density at radius 2 is 1.68 bits per heavy atom. The molecular formula is C21H25ClN2O3S. The van der Waals surface area contributed by atoms with Gasteiger partial charge in [-0.05, 0) is 58.0 Å². The molecule has 0 fully saturated rings. The summed E-state index contributed by atoms with van der Waals surface area (Å²) in [5, 5.41) is 5.67. The van der Waals surface area contributed by atoms with E-state index in [2.05, 4.69) is 10.6 Å². The molecule has 0 aliphatic heterocycles. The van der Waals surface area contributed by atoms with E-state index in [9.17, 15) is 9.59 Å². The summed E-state index contributed by atoms with van der Waals surface area (Å²) in [6.45, 7) is 7.58. The fraction of sp³-hybridized carbons (Fsp3) is 0.333. The van der Waals surface area contributed by atoms with Gasteiger partial charge in [-0.15, -0.1) is 11.8 Å². The van der Waals surface area contributed by atoms with Crippen LogP contribution in [-0.2, 0) is 9.59 Å². The Morgan fingerprint density at radius 1 is 1.04 bits per heavy atom. The number of carbonyl (C=O) groups excluding carboxylic acids is 2. The van der Waals surface area contributed by atoms with Crippen LogP contribution in [0.3, 0.4) is 0 Å². The molecule has 2 rings (SSSR count). The number of carbonyl (C=O) groups is 2. The number of hydrogen-bond donors (Lipinski definition) is 2. The van der Waals surface area contributed by atoms with Crippen molar-refractivity contribution in [3.05, 3.63) is 53.1 Å². The van der Waals surface area contributed by atoms with Gasteiger partial charge in [0.1, 0.15) is 5.75 Å². The first kappa shape index (κ1) is 22.1. The molecule has 0 bridgehead atoms. The Labute approximate surface area is 175 Å². The van der Waals surface area contributed by atoms with Crippen LogP contribution in [-0.4, -0.2) is 28.9 Å². The van der Waals surface area contributed by atoms with Gasteiger partial charge in [0, 0.05) is 11.4 Å². The van der Waals surface area contributed by atoms with Gasteiger partial charge in [0.2, 0.25) is 11.8 Å². The normalized spacial score (nSPS) is 11.8. The lowest BCUT2D eigenvalue weighted by molar-refractivity contribution is -0.115. The van der Waals surface area contributed by atoms with Crippen molar-refractivity contribution < 1.29 is 14.3 Å². The molecule has 2 aromatic carbocycles. The van der Waals surface area contributed by atoms with Gasteiger partial charge in [0.05, 0.1) is 22.1 Å². The van der Waals surface area contributed by atoms with E-state index in [1.807, 2.05) is 45.0 Å². The second kappa shape index (κ2) is 10.4. The van der Waals surface area contributed by atoms with Crippen LogP contribution in [0.25, 0.3) is 0 Å². The van der Waals surface area contributed by atoms with E-state index in [4.69, 9.17) is 16.3 Å². The number of rotatable bonds is 8. The molecule has 0 aromatic heterocycles. The fourth-order valence-corrected chi connectivity index (χ4v) is 3.19. The number of benzene rings is 2. The second-order valence-corrected chi connectivity index (χ2v) is 8.40. The van der Waals surface area contributed by atoms with Gasteiger partial charge in [-0.1, -0.05) is 29.3 Å². The first-order chi connectivity index (χ1) is 13.2. The zero-order chi connectivity index (χ0) is 20.7. The lowest BCUT2D eigenvalue weighted by Gasteiger charge is -2.14. The van der Waals surface area contributed by atoms with Crippen LogP contribution in [0.4, 0.5) is 11.4 Å². The number of ether oxygens (including phenoxy) is 1. The SMILES string of the molecule is Cc1ccc(NC(=O)CSC(C)C(=O)Nc2ccc(OC(C)C)c(Cl)c2)cc1. The van der Waals surface area contributed by atoms with Crippen LogP contribution >= 0.6 is 23.4 Å². The maximum Gasteiger partial charge on any atom is 0.237 e. The minimum Gasteiger partial charge on any atom is -0.489 e. The Hall–Kier alpha value is -2.18. The van der Waals surface area contributed by atoms with Crippen LogP contribution in [0.15, 0.2) is 42.5 Å². The molecule has 5 nitrogen and oxygen atoms in total. The van der Waals surface area contributed by atoms with E-state index < -0.39 is 5.25 Å². The second-order valence-electron chi connectivity index (χ2n) is 6.67. The lowest BCUT2D eigenvalue weighted by Crippen LogP contribution is -2.25. The Bertz CT molecular complexity index is 825. The minimum atomic E-state index is -0.394. The maximum absolute atomic E-state index is 12.4. The first-order valence-corrected chi connectivity index (χ1v) is 10.4. The van der Waals surface area contributed by atoms with E-state index in [-0.39, 0.29) is 23.7 Å². The van der Waals surface area contributed by atoms with Gasteiger partial charge >= 0.3 is 0 Å². The average molecular weight is 421 g/mol. The zero-order valence-corrected chi connectivity index (χ0v) is 18.0. The predicted molar refractivity (Wildman–Crippen MR) is 118 cm³/mol. The van der Waals surface area contributed by atoms with Gasteiger partial charge in [-0.2, -0.15) is 0 Å². The van der Waals surface area contributed by atoms with E-state index in [0.29, 0.717) is 16.5 Å². The van der Waals surface area contributed by atoms with Crippen molar-refractivity contribution in [2.75, 3.05) is 16.4 Å². The molecule has 28 heavy (non-hydrogen) atoms. The highest BCUT2D eigenvalue weighted by Crippen LogP contribution is 2.29. The molecule has 7 heteroatoms. The van der Waals surface area contributed by atoms with Crippen molar-refractivity contribution in [2.24, 2.45) is 0 Å². The highest BCUT2D eigenvalue weighted by atomic mass is 35.5. The Kier molecular flexibility index (Phi) is 8.20.